The van der Waals surface area contributed by atoms with Crippen LogP contribution in [0.3, 0.4) is 0 Å². The van der Waals surface area contributed by atoms with Crippen LogP contribution in [0.5, 0.6) is 5.75 Å². The lowest BCUT2D eigenvalue weighted by Gasteiger charge is -2.24. The molecule has 0 spiro atoms. The summed E-state index contributed by atoms with van der Waals surface area (Å²) in [7, 11) is 0. The third kappa shape index (κ3) is 1.70. The quantitative estimate of drug-likeness (QED) is 0.809. The van der Waals surface area contributed by atoms with Crippen LogP contribution < -0.4 is 10.1 Å². The highest BCUT2D eigenvalue weighted by Gasteiger charge is 2.25. The smallest absolute Gasteiger partial charge is 0.265 e. The normalized spacial score (nSPS) is 19.6. The van der Waals surface area contributed by atoms with Gasteiger partial charge in [-0.2, -0.15) is 0 Å². The van der Waals surface area contributed by atoms with E-state index in [1.807, 2.05) is 25.1 Å². The molecule has 1 aromatic carbocycles. The second-order valence-electron chi connectivity index (χ2n) is 3.14. The van der Waals surface area contributed by atoms with Gasteiger partial charge >= 0.3 is 0 Å². The van der Waals surface area contributed by atoms with Gasteiger partial charge in [-0.05, 0) is 47.2 Å². The maximum atomic E-state index is 11.5. The Balaban J connectivity index is 2.35. The summed E-state index contributed by atoms with van der Waals surface area (Å²) < 4.78 is 6.62. The summed E-state index contributed by atoms with van der Waals surface area (Å²) in [5.74, 6) is 0.707. The first kappa shape index (κ1) is 9.76. The molecule has 3 nitrogen and oxygen atoms in total. The van der Waals surface area contributed by atoms with E-state index < -0.39 is 0 Å². The molecule has 0 bridgehead atoms. The number of ether oxygens (including phenoxy) is 1. The van der Waals surface area contributed by atoms with Gasteiger partial charge in [0.25, 0.3) is 5.91 Å². The van der Waals surface area contributed by atoms with Crippen LogP contribution in [-0.4, -0.2) is 12.0 Å². The zero-order valence-electron chi connectivity index (χ0n) is 7.71. The molecule has 1 N–H and O–H groups in total. The fourth-order valence-corrected chi connectivity index (χ4v) is 1.88. The summed E-state index contributed by atoms with van der Waals surface area (Å²) in [6, 6.07) is 5.75. The fraction of sp³-hybridized carbons (Fsp3) is 0.300. The third-order valence-electron chi connectivity index (χ3n) is 2.13. The maximum Gasteiger partial charge on any atom is 0.265 e. The van der Waals surface area contributed by atoms with Gasteiger partial charge in [0.05, 0.1) is 5.69 Å². The number of nitrogens with one attached hydrogen (secondary N) is 1. The first-order chi connectivity index (χ1) is 6.70. The molecule has 2 rings (SSSR count). The number of anilines is 1. The molecule has 0 fully saturated rings. The number of rotatable bonds is 1. The zero-order valence-corrected chi connectivity index (χ0v) is 9.87. The van der Waals surface area contributed by atoms with Crippen molar-refractivity contribution in [3.8, 4) is 5.75 Å². The predicted octanol–water partition coefficient (Wildman–Crippen LogP) is 2.40. The summed E-state index contributed by atoms with van der Waals surface area (Å²) in [6.07, 6.45) is 0.347. The van der Waals surface area contributed by atoms with Gasteiger partial charge in [0, 0.05) is 3.57 Å². The molecule has 1 atom stereocenters. The largest absolute Gasteiger partial charge is 0.478 e. The summed E-state index contributed by atoms with van der Waals surface area (Å²) in [5, 5.41) is 2.83. The molecule has 1 amide bonds. The van der Waals surface area contributed by atoms with E-state index in [2.05, 4.69) is 27.9 Å². The van der Waals surface area contributed by atoms with Crippen molar-refractivity contribution in [3.05, 3.63) is 21.8 Å². The molecule has 14 heavy (non-hydrogen) atoms. The minimum Gasteiger partial charge on any atom is -0.478 e. The highest BCUT2D eigenvalue weighted by atomic mass is 127. The summed E-state index contributed by atoms with van der Waals surface area (Å²) in [4.78, 5) is 11.5. The fourth-order valence-electron chi connectivity index (χ4n) is 1.39. The van der Waals surface area contributed by atoms with Gasteiger partial charge in [0.2, 0.25) is 0 Å². The Morgan fingerprint density at radius 2 is 2.36 bits per heavy atom. The van der Waals surface area contributed by atoms with Crippen LogP contribution in [0.15, 0.2) is 18.2 Å². The Labute approximate surface area is 96.0 Å². The van der Waals surface area contributed by atoms with Crippen LogP contribution in [0.4, 0.5) is 5.69 Å². The SMILES string of the molecule is CC[C@@H]1Oc2ccc(I)cc2NC1=O. The molecule has 4 heteroatoms. The number of benzene rings is 1. The summed E-state index contributed by atoms with van der Waals surface area (Å²) in [5.41, 5.74) is 0.770. The van der Waals surface area contributed by atoms with E-state index in [1.165, 1.54) is 0 Å². The molecule has 0 saturated heterocycles. The van der Waals surface area contributed by atoms with Crippen molar-refractivity contribution in [2.24, 2.45) is 0 Å². The molecule has 0 unspecified atom stereocenters. The van der Waals surface area contributed by atoms with Crippen molar-refractivity contribution in [1.29, 1.82) is 0 Å². The van der Waals surface area contributed by atoms with Crippen LogP contribution in [0.2, 0.25) is 0 Å². The van der Waals surface area contributed by atoms with E-state index >= 15 is 0 Å². The van der Waals surface area contributed by atoms with Crippen molar-refractivity contribution in [2.45, 2.75) is 19.4 Å². The van der Waals surface area contributed by atoms with E-state index in [-0.39, 0.29) is 12.0 Å². The second kappa shape index (κ2) is 3.76. The second-order valence-corrected chi connectivity index (χ2v) is 4.39. The molecular weight excluding hydrogens is 293 g/mol. The number of amides is 1. The van der Waals surface area contributed by atoms with E-state index in [1.54, 1.807) is 0 Å². The standard InChI is InChI=1S/C10H10INO2/c1-2-8-10(13)12-7-5-6(11)3-4-9(7)14-8/h3-5,8H,2H2,1H3,(H,12,13)/t8-/m0/s1. The van der Waals surface area contributed by atoms with Gasteiger partial charge < -0.3 is 10.1 Å². The summed E-state index contributed by atoms with van der Waals surface area (Å²) >= 11 is 2.20. The highest BCUT2D eigenvalue weighted by Crippen LogP contribution is 2.31. The lowest BCUT2D eigenvalue weighted by molar-refractivity contribution is -0.123. The average molecular weight is 303 g/mol. The van der Waals surface area contributed by atoms with E-state index in [0.29, 0.717) is 6.42 Å². The van der Waals surface area contributed by atoms with E-state index in [0.717, 1.165) is 15.0 Å². The molecule has 0 aliphatic carbocycles. The topological polar surface area (TPSA) is 38.3 Å². The third-order valence-corrected chi connectivity index (χ3v) is 2.80. The van der Waals surface area contributed by atoms with Crippen molar-refractivity contribution in [3.63, 3.8) is 0 Å². The Bertz CT molecular complexity index is 378. The van der Waals surface area contributed by atoms with E-state index in [9.17, 15) is 4.79 Å². The Morgan fingerprint density at radius 1 is 1.57 bits per heavy atom. The number of carbonyl (C=O) groups excluding carboxylic acids is 1. The molecule has 74 valence electrons. The Morgan fingerprint density at radius 3 is 3.07 bits per heavy atom. The van der Waals surface area contributed by atoms with Crippen LogP contribution in [0, 0.1) is 3.57 Å². The number of fused-ring (bicyclic) bond motifs is 1. The van der Waals surface area contributed by atoms with Crippen LogP contribution in [-0.2, 0) is 4.79 Å². The van der Waals surface area contributed by atoms with Crippen LogP contribution in [0.1, 0.15) is 13.3 Å². The van der Waals surface area contributed by atoms with Crippen molar-refractivity contribution in [1.82, 2.24) is 0 Å². The lowest BCUT2D eigenvalue weighted by Crippen LogP contribution is -2.36. The van der Waals surface area contributed by atoms with Crippen molar-refractivity contribution < 1.29 is 9.53 Å². The first-order valence-corrected chi connectivity index (χ1v) is 5.55. The molecule has 0 saturated carbocycles. The Hall–Kier alpha value is -0.780. The predicted molar refractivity (Wildman–Crippen MR) is 62.5 cm³/mol. The molecule has 1 aliphatic heterocycles. The van der Waals surface area contributed by atoms with Gasteiger partial charge in [0.15, 0.2) is 6.10 Å². The van der Waals surface area contributed by atoms with Gasteiger partial charge in [-0.25, -0.2) is 0 Å². The summed E-state index contributed by atoms with van der Waals surface area (Å²) in [6.45, 7) is 1.93. The lowest BCUT2D eigenvalue weighted by atomic mass is 10.2. The molecular formula is C10H10INO2. The average Bonchev–Trinajstić information content (AvgIpc) is 2.16. The minimum absolute atomic E-state index is 0.0537. The molecule has 1 aliphatic rings. The number of carbonyl (C=O) groups is 1. The Kier molecular flexibility index (Phi) is 2.62. The molecule has 0 radical (unpaired) electrons. The maximum absolute atomic E-state index is 11.5. The monoisotopic (exact) mass is 303 g/mol. The van der Waals surface area contributed by atoms with Crippen LogP contribution in [0.25, 0.3) is 0 Å². The van der Waals surface area contributed by atoms with E-state index in [4.69, 9.17) is 4.74 Å². The van der Waals surface area contributed by atoms with Crippen molar-refractivity contribution in [2.75, 3.05) is 5.32 Å². The van der Waals surface area contributed by atoms with Crippen molar-refractivity contribution >= 4 is 34.2 Å². The number of hydrogen-bond donors (Lipinski definition) is 1. The molecule has 0 aromatic heterocycles. The molecule has 1 aromatic rings. The van der Waals surface area contributed by atoms with Gasteiger partial charge in [0.1, 0.15) is 5.75 Å². The van der Waals surface area contributed by atoms with Gasteiger partial charge in [-0.1, -0.05) is 6.92 Å². The number of hydrogen-bond acceptors (Lipinski definition) is 2. The van der Waals surface area contributed by atoms with Crippen LogP contribution >= 0.6 is 22.6 Å². The highest BCUT2D eigenvalue weighted by molar-refractivity contribution is 14.1. The first-order valence-electron chi connectivity index (χ1n) is 4.47. The minimum atomic E-state index is -0.345. The number of halogens is 1. The van der Waals surface area contributed by atoms with Gasteiger partial charge in [-0.3, -0.25) is 4.79 Å². The molecule has 1 heterocycles. The zero-order chi connectivity index (χ0) is 10.1. The van der Waals surface area contributed by atoms with Gasteiger partial charge in [-0.15, -0.1) is 0 Å².